The number of nitrogens with two attached hydrogens (primary N) is 1. The molecule has 2 rings (SSSR count). The van der Waals surface area contributed by atoms with E-state index in [1.807, 2.05) is 6.07 Å². The second kappa shape index (κ2) is 5.49. The Bertz CT molecular complexity index is 554. The summed E-state index contributed by atoms with van der Waals surface area (Å²) in [5.74, 6) is -0.307. The van der Waals surface area contributed by atoms with E-state index in [1.165, 1.54) is 12.1 Å². The van der Waals surface area contributed by atoms with Gasteiger partial charge in [-0.05, 0) is 35.7 Å². The highest BCUT2D eigenvalue weighted by molar-refractivity contribution is 5.32. The summed E-state index contributed by atoms with van der Waals surface area (Å²) >= 11 is 0. The monoisotopic (exact) mass is 261 g/mol. The van der Waals surface area contributed by atoms with Gasteiger partial charge in [0.2, 0.25) is 0 Å². The molecule has 0 amide bonds. The second-order valence-corrected chi connectivity index (χ2v) is 4.78. The minimum atomic E-state index is -1.62. The van der Waals surface area contributed by atoms with Gasteiger partial charge < -0.3 is 5.73 Å². The van der Waals surface area contributed by atoms with Crippen molar-refractivity contribution in [3.05, 3.63) is 71.0 Å². The number of benzene rings is 2. The van der Waals surface area contributed by atoms with E-state index in [1.54, 1.807) is 37.3 Å². The van der Waals surface area contributed by atoms with Crippen LogP contribution in [0.5, 0.6) is 0 Å². The maximum atomic E-state index is 15.0. The molecule has 0 bridgehead atoms. The van der Waals surface area contributed by atoms with Crippen LogP contribution in [-0.2, 0) is 12.1 Å². The lowest BCUT2D eigenvalue weighted by Gasteiger charge is -2.25. The van der Waals surface area contributed by atoms with E-state index in [9.17, 15) is 4.39 Å². The molecule has 0 aliphatic carbocycles. The van der Waals surface area contributed by atoms with Crippen molar-refractivity contribution in [2.45, 2.75) is 19.0 Å². The van der Waals surface area contributed by atoms with E-state index in [0.29, 0.717) is 5.56 Å². The molecule has 0 heterocycles. The van der Waals surface area contributed by atoms with Crippen molar-refractivity contribution in [3.8, 4) is 0 Å². The summed E-state index contributed by atoms with van der Waals surface area (Å²) in [6.45, 7) is 1.67. The first kappa shape index (κ1) is 13.7. The van der Waals surface area contributed by atoms with Gasteiger partial charge in [0, 0.05) is 13.0 Å². The first-order valence-corrected chi connectivity index (χ1v) is 6.25. The van der Waals surface area contributed by atoms with E-state index in [0.717, 1.165) is 11.1 Å². The van der Waals surface area contributed by atoms with Gasteiger partial charge in [0.1, 0.15) is 5.82 Å². The van der Waals surface area contributed by atoms with Gasteiger partial charge in [-0.15, -0.1) is 0 Å². The van der Waals surface area contributed by atoms with Crippen LogP contribution in [0, 0.1) is 12.7 Å². The molecule has 100 valence electrons. The van der Waals surface area contributed by atoms with E-state index in [2.05, 4.69) is 0 Å². The standard InChI is InChI=1S/C16H17F2N/c1-12-9-15(17)8-7-13(12)10-16(18,11-19)14-5-3-2-4-6-14/h2-9H,10-11,19H2,1H3. The molecule has 0 radical (unpaired) electrons. The molecule has 0 aliphatic rings. The number of hydrogen-bond acceptors (Lipinski definition) is 1. The molecule has 2 aromatic carbocycles. The van der Waals surface area contributed by atoms with Crippen molar-refractivity contribution in [1.82, 2.24) is 0 Å². The summed E-state index contributed by atoms with van der Waals surface area (Å²) in [4.78, 5) is 0. The molecule has 1 nitrogen and oxygen atoms in total. The van der Waals surface area contributed by atoms with Gasteiger partial charge in [-0.3, -0.25) is 0 Å². The van der Waals surface area contributed by atoms with E-state index < -0.39 is 5.67 Å². The Hall–Kier alpha value is -1.74. The predicted molar refractivity (Wildman–Crippen MR) is 73.1 cm³/mol. The Balaban J connectivity index is 2.33. The quantitative estimate of drug-likeness (QED) is 0.895. The first-order chi connectivity index (χ1) is 9.05. The van der Waals surface area contributed by atoms with Crippen molar-refractivity contribution in [1.29, 1.82) is 0 Å². The molecule has 0 saturated carbocycles. The molecule has 1 unspecified atom stereocenters. The average Bonchev–Trinajstić information content (AvgIpc) is 2.43. The van der Waals surface area contributed by atoms with E-state index in [4.69, 9.17) is 5.73 Å². The Morgan fingerprint density at radius 1 is 1.11 bits per heavy atom. The number of alkyl halides is 1. The highest BCUT2D eigenvalue weighted by Crippen LogP contribution is 2.30. The minimum absolute atomic E-state index is 0.103. The zero-order chi connectivity index (χ0) is 13.9. The molecule has 0 spiro atoms. The first-order valence-electron chi connectivity index (χ1n) is 6.25. The summed E-state index contributed by atoms with van der Waals surface area (Å²) in [5.41, 5.74) is 6.07. The lowest BCUT2D eigenvalue weighted by molar-refractivity contribution is 0.175. The van der Waals surface area contributed by atoms with E-state index >= 15 is 4.39 Å². The molecular weight excluding hydrogens is 244 g/mol. The summed E-state index contributed by atoms with van der Waals surface area (Å²) < 4.78 is 28.1. The van der Waals surface area contributed by atoms with Crippen LogP contribution in [0.25, 0.3) is 0 Å². The summed E-state index contributed by atoms with van der Waals surface area (Å²) in [6, 6.07) is 13.3. The van der Waals surface area contributed by atoms with Crippen LogP contribution >= 0.6 is 0 Å². The Morgan fingerprint density at radius 3 is 2.37 bits per heavy atom. The van der Waals surface area contributed by atoms with Crippen molar-refractivity contribution in [3.63, 3.8) is 0 Å². The fourth-order valence-corrected chi connectivity index (χ4v) is 2.19. The fourth-order valence-electron chi connectivity index (χ4n) is 2.19. The zero-order valence-electron chi connectivity index (χ0n) is 10.9. The summed E-state index contributed by atoms with van der Waals surface area (Å²) in [7, 11) is 0. The highest BCUT2D eigenvalue weighted by atomic mass is 19.1. The van der Waals surface area contributed by atoms with Crippen LogP contribution in [0.3, 0.4) is 0 Å². The van der Waals surface area contributed by atoms with Gasteiger partial charge in [0.05, 0.1) is 0 Å². The third-order valence-electron chi connectivity index (χ3n) is 3.39. The molecule has 3 heteroatoms. The zero-order valence-corrected chi connectivity index (χ0v) is 10.9. The average molecular weight is 261 g/mol. The topological polar surface area (TPSA) is 26.0 Å². The van der Waals surface area contributed by atoms with Crippen LogP contribution in [-0.4, -0.2) is 6.54 Å². The van der Waals surface area contributed by atoms with Crippen molar-refractivity contribution >= 4 is 0 Å². The maximum Gasteiger partial charge on any atom is 0.152 e. The van der Waals surface area contributed by atoms with Crippen LogP contribution < -0.4 is 5.73 Å². The van der Waals surface area contributed by atoms with Gasteiger partial charge in [-0.25, -0.2) is 8.78 Å². The largest absolute Gasteiger partial charge is 0.327 e. The van der Waals surface area contributed by atoms with E-state index in [-0.39, 0.29) is 18.8 Å². The SMILES string of the molecule is Cc1cc(F)ccc1CC(F)(CN)c1ccccc1. The lowest BCUT2D eigenvalue weighted by Crippen LogP contribution is -2.33. The molecule has 2 N–H and O–H groups in total. The van der Waals surface area contributed by atoms with Crippen molar-refractivity contribution in [2.75, 3.05) is 6.54 Å². The minimum Gasteiger partial charge on any atom is -0.327 e. The summed E-state index contributed by atoms with van der Waals surface area (Å²) in [5, 5.41) is 0. The van der Waals surface area contributed by atoms with Gasteiger partial charge in [0.25, 0.3) is 0 Å². The Kier molecular flexibility index (Phi) is 3.96. The normalized spacial score (nSPS) is 14.1. The van der Waals surface area contributed by atoms with Crippen molar-refractivity contribution in [2.24, 2.45) is 5.73 Å². The van der Waals surface area contributed by atoms with Gasteiger partial charge in [-0.2, -0.15) is 0 Å². The maximum absolute atomic E-state index is 15.0. The summed E-state index contributed by atoms with van der Waals surface area (Å²) in [6.07, 6.45) is 0.152. The molecule has 0 saturated heterocycles. The third-order valence-corrected chi connectivity index (χ3v) is 3.39. The second-order valence-electron chi connectivity index (χ2n) is 4.78. The third kappa shape index (κ3) is 2.99. The number of hydrogen-bond donors (Lipinski definition) is 1. The number of halogens is 2. The smallest absolute Gasteiger partial charge is 0.152 e. The number of rotatable bonds is 4. The van der Waals surface area contributed by atoms with Crippen LogP contribution in [0.2, 0.25) is 0 Å². The van der Waals surface area contributed by atoms with Crippen LogP contribution in [0.15, 0.2) is 48.5 Å². The molecule has 0 fully saturated rings. The fraction of sp³-hybridized carbons (Fsp3) is 0.250. The van der Waals surface area contributed by atoms with Gasteiger partial charge in [-0.1, -0.05) is 36.4 Å². The van der Waals surface area contributed by atoms with Crippen molar-refractivity contribution < 1.29 is 8.78 Å². The predicted octanol–water partition coefficient (Wildman–Crippen LogP) is 3.50. The molecular formula is C16H17F2N. The molecule has 0 aromatic heterocycles. The lowest BCUT2D eigenvalue weighted by atomic mass is 9.87. The molecule has 19 heavy (non-hydrogen) atoms. The van der Waals surface area contributed by atoms with Crippen LogP contribution in [0.1, 0.15) is 16.7 Å². The number of aryl methyl sites for hydroxylation is 1. The Labute approximate surface area is 112 Å². The molecule has 1 atom stereocenters. The molecule has 2 aromatic rings. The van der Waals surface area contributed by atoms with Gasteiger partial charge >= 0.3 is 0 Å². The van der Waals surface area contributed by atoms with Crippen LogP contribution in [0.4, 0.5) is 8.78 Å². The van der Waals surface area contributed by atoms with Gasteiger partial charge in [0.15, 0.2) is 5.67 Å². The molecule has 0 aliphatic heterocycles. The highest BCUT2D eigenvalue weighted by Gasteiger charge is 2.31. The Morgan fingerprint density at radius 2 is 1.79 bits per heavy atom.